The molecule has 15 heavy (non-hydrogen) atoms. The molecule has 1 unspecified atom stereocenters. The minimum absolute atomic E-state index is 0.138. The summed E-state index contributed by atoms with van der Waals surface area (Å²) < 4.78 is 0. The van der Waals surface area contributed by atoms with Crippen LogP contribution in [0.5, 0.6) is 0 Å². The summed E-state index contributed by atoms with van der Waals surface area (Å²) in [7, 11) is 0. The second-order valence-electron chi connectivity index (χ2n) is 4.00. The molecule has 1 fully saturated rings. The van der Waals surface area contributed by atoms with Gasteiger partial charge in [-0.2, -0.15) is 11.8 Å². The van der Waals surface area contributed by atoms with Crippen LogP contribution in [-0.2, 0) is 4.79 Å². The molecule has 0 bridgehead atoms. The highest BCUT2D eigenvalue weighted by molar-refractivity contribution is 7.99. The minimum atomic E-state index is 0.138. The van der Waals surface area contributed by atoms with Crippen molar-refractivity contribution in [1.82, 2.24) is 10.6 Å². The lowest BCUT2D eigenvalue weighted by molar-refractivity contribution is -0.120. The number of hydrogen-bond acceptors (Lipinski definition) is 3. The summed E-state index contributed by atoms with van der Waals surface area (Å²) >= 11 is 1.98. The Labute approximate surface area is 96.8 Å². The standard InChI is InChI=1S/C11H22N2OS/c1-2-3-6-12-11(14)8-13-10-5-4-7-15-9-10/h10,13H,2-9H2,1H3,(H,12,14). The van der Waals surface area contributed by atoms with Crippen molar-refractivity contribution in [2.75, 3.05) is 24.6 Å². The summed E-state index contributed by atoms with van der Waals surface area (Å²) in [6.07, 6.45) is 4.70. The van der Waals surface area contributed by atoms with Crippen LogP contribution in [0.2, 0.25) is 0 Å². The third kappa shape index (κ3) is 6.05. The maximum atomic E-state index is 11.4. The lowest BCUT2D eigenvalue weighted by Crippen LogP contribution is -2.41. The fourth-order valence-corrected chi connectivity index (χ4v) is 2.71. The van der Waals surface area contributed by atoms with Gasteiger partial charge in [0.1, 0.15) is 0 Å². The number of carbonyl (C=O) groups excluding carboxylic acids is 1. The van der Waals surface area contributed by atoms with Crippen LogP contribution < -0.4 is 10.6 Å². The number of nitrogens with one attached hydrogen (secondary N) is 2. The minimum Gasteiger partial charge on any atom is -0.355 e. The predicted molar refractivity (Wildman–Crippen MR) is 66.3 cm³/mol. The Kier molecular flexibility index (Phi) is 6.85. The highest BCUT2D eigenvalue weighted by Crippen LogP contribution is 2.16. The average molecular weight is 230 g/mol. The average Bonchev–Trinajstić information content (AvgIpc) is 2.28. The van der Waals surface area contributed by atoms with Crippen molar-refractivity contribution in [1.29, 1.82) is 0 Å². The lowest BCUT2D eigenvalue weighted by Gasteiger charge is -2.22. The number of unbranched alkanes of at least 4 members (excludes halogenated alkanes) is 1. The van der Waals surface area contributed by atoms with Crippen molar-refractivity contribution in [3.8, 4) is 0 Å². The van der Waals surface area contributed by atoms with E-state index < -0.39 is 0 Å². The zero-order valence-electron chi connectivity index (χ0n) is 9.55. The van der Waals surface area contributed by atoms with E-state index >= 15 is 0 Å². The molecule has 0 aromatic carbocycles. The topological polar surface area (TPSA) is 41.1 Å². The molecule has 1 rings (SSSR count). The largest absolute Gasteiger partial charge is 0.355 e. The summed E-state index contributed by atoms with van der Waals surface area (Å²) in [5.41, 5.74) is 0. The van der Waals surface area contributed by atoms with E-state index in [0.29, 0.717) is 12.6 Å². The van der Waals surface area contributed by atoms with E-state index in [0.717, 1.165) is 25.1 Å². The van der Waals surface area contributed by atoms with Gasteiger partial charge in [0, 0.05) is 18.3 Å². The van der Waals surface area contributed by atoms with Gasteiger partial charge in [-0.1, -0.05) is 13.3 Å². The predicted octanol–water partition coefficient (Wildman–Crippen LogP) is 1.39. The highest BCUT2D eigenvalue weighted by Gasteiger charge is 2.13. The van der Waals surface area contributed by atoms with Gasteiger partial charge in [0.25, 0.3) is 0 Å². The molecular formula is C11H22N2OS. The van der Waals surface area contributed by atoms with Crippen LogP contribution >= 0.6 is 11.8 Å². The van der Waals surface area contributed by atoms with Crippen LogP contribution in [0, 0.1) is 0 Å². The van der Waals surface area contributed by atoms with E-state index in [4.69, 9.17) is 0 Å². The van der Waals surface area contributed by atoms with E-state index in [9.17, 15) is 4.79 Å². The first-order valence-electron chi connectivity index (χ1n) is 5.90. The van der Waals surface area contributed by atoms with E-state index in [2.05, 4.69) is 17.6 Å². The van der Waals surface area contributed by atoms with Crippen molar-refractivity contribution < 1.29 is 4.79 Å². The van der Waals surface area contributed by atoms with Crippen LogP contribution in [0.4, 0.5) is 0 Å². The smallest absolute Gasteiger partial charge is 0.233 e. The molecule has 0 aromatic heterocycles. The zero-order valence-corrected chi connectivity index (χ0v) is 10.4. The summed E-state index contributed by atoms with van der Waals surface area (Å²) in [5.74, 6) is 2.57. The summed E-state index contributed by atoms with van der Waals surface area (Å²) in [6, 6.07) is 0.542. The van der Waals surface area contributed by atoms with Gasteiger partial charge in [0.15, 0.2) is 0 Å². The van der Waals surface area contributed by atoms with E-state index in [1.165, 1.54) is 18.6 Å². The molecule has 3 nitrogen and oxygen atoms in total. The molecule has 1 aliphatic heterocycles. The van der Waals surface area contributed by atoms with E-state index in [1.54, 1.807) is 0 Å². The number of rotatable bonds is 6. The Morgan fingerprint density at radius 3 is 3.07 bits per heavy atom. The van der Waals surface area contributed by atoms with Gasteiger partial charge in [-0.15, -0.1) is 0 Å². The van der Waals surface area contributed by atoms with Crippen LogP contribution in [-0.4, -0.2) is 36.5 Å². The number of amides is 1. The molecule has 0 aliphatic carbocycles. The number of carbonyl (C=O) groups is 1. The summed E-state index contributed by atoms with van der Waals surface area (Å²) in [6.45, 7) is 3.43. The van der Waals surface area contributed by atoms with Gasteiger partial charge >= 0.3 is 0 Å². The molecule has 0 spiro atoms. The third-order valence-corrected chi connectivity index (χ3v) is 3.78. The molecular weight excluding hydrogens is 208 g/mol. The van der Waals surface area contributed by atoms with Crippen LogP contribution in [0.3, 0.4) is 0 Å². The van der Waals surface area contributed by atoms with Gasteiger partial charge in [0.05, 0.1) is 6.54 Å². The Morgan fingerprint density at radius 1 is 1.53 bits per heavy atom. The first-order chi connectivity index (χ1) is 7.33. The normalized spacial score (nSPS) is 21.3. The summed E-state index contributed by atoms with van der Waals surface area (Å²) in [5, 5.41) is 6.23. The van der Waals surface area contributed by atoms with Crippen molar-refractivity contribution in [2.24, 2.45) is 0 Å². The van der Waals surface area contributed by atoms with Crippen LogP contribution in [0.15, 0.2) is 0 Å². The molecule has 0 saturated carbocycles. The number of thioether (sulfide) groups is 1. The maximum Gasteiger partial charge on any atom is 0.233 e. The second-order valence-corrected chi connectivity index (χ2v) is 5.15. The van der Waals surface area contributed by atoms with Crippen molar-refractivity contribution in [3.63, 3.8) is 0 Å². The molecule has 0 radical (unpaired) electrons. The monoisotopic (exact) mass is 230 g/mol. The Balaban J connectivity index is 2.00. The Bertz CT molecular complexity index is 181. The molecule has 1 atom stereocenters. The summed E-state index contributed by atoms with van der Waals surface area (Å²) in [4.78, 5) is 11.4. The Hall–Kier alpha value is -0.220. The van der Waals surface area contributed by atoms with Crippen molar-refractivity contribution in [2.45, 2.75) is 38.6 Å². The molecule has 88 valence electrons. The van der Waals surface area contributed by atoms with Crippen molar-refractivity contribution in [3.05, 3.63) is 0 Å². The molecule has 1 amide bonds. The molecule has 1 aliphatic rings. The third-order valence-electron chi connectivity index (χ3n) is 2.56. The molecule has 0 aromatic rings. The SMILES string of the molecule is CCCCNC(=O)CNC1CCCSC1. The fourth-order valence-electron chi connectivity index (χ4n) is 1.61. The van der Waals surface area contributed by atoms with Gasteiger partial charge in [-0.3, -0.25) is 4.79 Å². The molecule has 1 heterocycles. The first-order valence-corrected chi connectivity index (χ1v) is 7.06. The maximum absolute atomic E-state index is 11.4. The van der Waals surface area contributed by atoms with Gasteiger partial charge in [-0.05, 0) is 25.0 Å². The Morgan fingerprint density at radius 2 is 2.40 bits per heavy atom. The van der Waals surface area contributed by atoms with Gasteiger partial charge < -0.3 is 10.6 Å². The molecule has 2 N–H and O–H groups in total. The quantitative estimate of drug-likeness (QED) is 0.678. The molecule has 4 heteroatoms. The number of hydrogen-bond donors (Lipinski definition) is 2. The van der Waals surface area contributed by atoms with Gasteiger partial charge in [0.2, 0.25) is 5.91 Å². The first kappa shape index (κ1) is 12.8. The van der Waals surface area contributed by atoms with E-state index in [1.807, 2.05) is 11.8 Å². The van der Waals surface area contributed by atoms with Crippen LogP contribution in [0.25, 0.3) is 0 Å². The fraction of sp³-hybridized carbons (Fsp3) is 0.909. The van der Waals surface area contributed by atoms with Crippen LogP contribution in [0.1, 0.15) is 32.6 Å². The molecule has 1 saturated heterocycles. The lowest BCUT2D eigenvalue weighted by atomic mass is 10.2. The second kappa shape index (κ2) is 7.99. The zero-order chi connectivity index (χ0) is 10.9. The van der Waals surface area contributed by atoms with Gasteiger partial charge in [-0.25, -0.2) is 0 Å². The van der Waals surface area contributed by atoms with Crippen molar-refractivity contribution >= 4 is 17.7 Å². The van der Waals surface area contributed by atoms with E-state index in [-0.39, 0.29) is 5.91 Å². The highest BCUT2D eigenvalue weighted by atomic mass is 32.2.